The Hall–Kier alpha value is -2.67. The zero-order valence-electron chi connectivity index (χ0n) is 14.8. The molecule has 0 atom stereocenters. The lowest BCUT2D eigenvalue weighted by molar-refractivity contribution is 0.102. The van der Waals surface area contributed by atoms with E-state index >= 15 is 0 Å². The monoisotopic (exact) mass is 344 g/mol. The molecular weight excluding hydrogens is 320 g/mol. The van der Waals surface area contributed by atoms with Crippen LogP contribution in [0, 0.1) is 0 Å². The van der Waals surface area contributed by atoms with Gasteiger partial charge < -0.3 is 20.1 Å². The van der Waals surface area contributed by atoms with Crippen molar-refractivity contribution in [3.8, 4) is 5.75 Å². The molecule has 2 rings (SSSR count). The van der Waals surface area contributed by atoms with Gasteiger partial charge in [0.15, 0.2) is 0 Å². The molecular formula is C18H24N4O3. The summed E-state index contributed by atoms with van der Waals surface area (Å²) in [6, 6.07) is 8.80. The SMILES string of the molecule is COCCCNc1nccc(C(=O)Nc2ccc(OC(C)C)cc2)n1. The summed E-state index contributed by atoms with van der Waals surface area (Å²) >= 11 is 0. The van der Waals surface area contributed by atoms with Crippen LogP contribution in [0.3, 0.4) is 0 Å². The molecule has 0 unspecified atom stereocenters. The maximum atomic E-state index is 12.3. The summed E-state index contributed by atoms with van der Waals surface area (Å²) in [6.45, 7) is 5.26. The van der Waals surface area contributed by atoms with Crippen molar-refractivity contribution in [1.29, 1.82) is 0 Å². The van der Waals surface area contributed by atoms with E-state index in [-0.39, 0.29) is 12.0 Å². The second kappa shape index (κ2) is 9.58. The standard InChI is InChI=1S/C18H24N4O3/c1-13(2)25-15-7-5-14(6-8-15)21-17(23)16-9-11-20-18(22-16)19-10-4-12-24-3/h5-9,11,13H,4,10,12H2,1-3H3,(H,21,23)(H,19,20,22). The number of carbonyl (C=O) groups is 1. The molecule has 25 heavy (non-hydrogen) atoms. The largest absolute Gasteiger partial charge is 0.491 e. The van der Waals surface area contributed by atoms with Gasteiger partial charge in [0.2, 0.25) is 5.95 Å². The minimum absolute atomic E-state index is 0.108. The van der Waals surface area contributed by atoms with Gasteiger partial charge in [-0.3, -0.25) is 4.79 Å². The van der Waals surface area contributed by atoms with Gasteiger partial charge in [-0.15, -0.1) is 0 Å². The van der Waals surface area contributed by atoms with Gasteiger partial charge >= 0.3 is 0 Å². The van der Waals surface area contributed by atoms with E-state index < -0.39 is 0 Å². The topological polar surface area (TPSA) is 85.4 Å². The minimum Gasteiger partial charge on any atom is -0.491 e. The summed E-state index contributed by atoms with van der Waals surface area (Å²) in [7, 11) is 1.66. The van der Waals surface area contributed by atoms with Gasteiger partial charge in [-0.05, 0) is 50.6 Å². The normalized spacial score (nSPS) is 10.6. The molecule has 1 aromatic carbocycles. The van der Waals surface area contributed by atoms with Crippen LogP contribution in [-0.4, -0.2) is 42.2 Å². The molecule has 0 radical (unpaired) electrons. The molecule has 1 amide bonds. The lowest BCUT2D eigenvalue weighted by Crippen LogP contribution is -2.16. The molecule has 7 heteroatoms. The van der Waals surface area contributed by atoms with Crippen molar-refractivity contribution in [2.45, 2.75) is 26.4 Å². The molecule has 2 N–H and O–H groups in total. The molecule has 0 spiro atoms. The third kappa shape index (κ3) is 6.39. The fourth-order valence-electron chi connectivity index (χ4n) is 2.07. The Morgan fingerprint density at radius 2 is 1.96 bits per heavy atom. The second-order valence-corrected chi connectivity index (χ2v) is 5.68. The fourth-order valence-corrected chi connectivity index (χ4v) is 2.07. The van der Waals surface area contributed by atoms with Crippen LogP contribution in [0.15, 0.2) is 36.5 Å². The molecule has 1 aromatic heterocycles. The molecule has 1 heterocycles. The first kappa shape index (κ1) is 18.7. The number of methoxy groups -OCH3 is 1. The predicted molar refractivity (Wildman–Crippen MR) is 97.2 cm³/mol. The van der Waals surface area contributed by atoms with E-state index in [2.05, 4.69) is 20.6 Å². The molecule has 0 saturated heterocycles. The molecule has 0 saturated carbocycles. The number of rotatable bonds is 9. The first-order chi connectivity index (χ1) is 12.1. The zero-order valence-corrected chi connectivity index (χ0v) is 14.8. The van der Waals surface area contributed by atoms with E-state index in [9.17, 15) is 4.79 Å². The van der Waals surface area contributed by atoms with Crippen LogP contribution >= 0.6 is 0 Å². The maximum Gasteiger partial charge on any atom is 0.274 e. The summed E-state index contributed by atoms with van der Waals surface area (Å²) < 4.78 is 10.6. The highest BCUT2D eigenvalue weighted by Crippen LogP contribution is 2.17. The number of carbonyl (C=O) groups excluding carboxylic acids is 1. The highest BCUT2D eigenvalue weighted by atomic mass is 16.5. The van der Waals surface area contributed by atoms with Crippen molar-refractivity contribution in [2.24, 2.45) is 0 Å². The van der Waals surface area contributed by atoms with E-state index in [1.165, 1.54) is 0 Å². The smallest absolute Gasteiger partial charge is 0.274 e. The van der Waals surface area contributed by atoms with Crippen LogP contribution in [0.4, 0.5) is 11.6 Å². The third-order valence-electron chi connectivity index (χ3n) is 3.18. The first-order valence-electron chi connectivity index (χ1n) is 8.22. The molecule has 0 aliphatic carbocycles. The van der Waals surface area contributed by atoms with Gasteiger partial charge in [-0.25, -0.2) is 9.97 Å². The number of ether oxygens (including phenoxy) is 2. The lowest BCUT2D eigenvalue weighted by atomic mass is 10.3. The summed E-state index contributed by atoms with van der Waals surface area (Å²) in [5, 5.41) is 5.88. The van der Waals surface area contributed by atoms with Gasteiger partial charge in [0.05, 0.1) is 6.10 Å². The van der Waals surface area contributed by atoms with Crippen LogP contribution in [0.25, 0.3) is 0 Å². The Bertz CT molecular complexity index is 674. The Morgan fingerprint density at radius 3 is 2.64 bits per heavy atom. The van der Waals surface area contributed by atoms with Crippen LogP contribution in [0.2, 0.25) is 0 Å². The Labute approximate surface area is 147 Å². The van der Waals surface area contributed by atoms with Gasteiger partial charge in [-0.1, -0.05) is 0 Å². The van der Waals surface area contributed by atoms with E-state index in [0.717, 1.165) is 12.2 Å². The number of aromatic nitrogens is 2. The quantitative estimate of drug-likeness (QED) is 0.680. The average Bonchev–Trinajstić information content (AvgIpc) is 2.60. The average molecular weight is 344 g/mol. The third-order valence-corrected chi connectivity index (χ3v) is 3.18. The second-order valence-electron chi connectivity index (χ2n) is 5.68. The number of nitrogens with one attached hydrogen (secondary N) is 2. The van der Waals surface area contributed by atoms with Crippen LogP contribution < -0.4 is 15.4 Å². The van der Waals surface area contributed by atoms with Gasteiger partial charge in [0, 0.05) is 32.1 Å². The summed E-state index contributed by atoms with van der Waals surface area (Å²) in [6.07, 6.45) is 2.50. The van der Waals surface area contributed by atoms with Gasteiger partial charge in [0.1, 0.15) is 11.4 Å². The molecule has 2 aromatic rings. The highest BCUT2D eigenvalue weighted by molar-refractivity contribution is 6.02. The van der Waals surface area contributed by atoms with E-state index in [4.69, 9.17) is 9.47 Å². The highest BCUT2D eigenvalue weighted by Gasteiger charge is 2.09. The fraction of sp³-hybridized carbons (Fsp3) is 0.389. The zero-order chi connectivity index (χ0) is 18.1. The van der Waals surface area contributed by atoms with Crippen LogP contribution in [0.5, 0.6) is 5.75 Å². The van der Waals surface area contributed by atoms with Crippen molar-refractivity contribution < 1.29 is 14.3 Å². The summed E-state index contributed by atoms with van der Waals surface area (Å²) in [5.74, 6) is 0.891. The predicted octanol–water partition coefficient (Wildman–Crippen LogP) is 2.96. The molecule has 7 nitrogen and oxygen atoms in total. The Balaban J connectivity index is 1.93. The van der Waals surface area contributed by atoms with Crippen molar-refractivity contribution in [2.75, 3.05) is 30.9 Å². The lowest BCUT2D eigenvalue weighted by Gasteiger charge is -2.11. The number of hydrogen-bond donors (Lipinski definition) is 2. The van der Waals surface area contributed by atoms with Crippen LogP contribution in [0.1, 0.15) is 30.8 Å². The van der Waals surface area contributed by atoms with E-state index in [0.29, 0.717) is 30.5 Å². The van der Waals surface area contributed by atoms with Crippen molar-refractivity contribution in [3.63, 3.8) is 0 Å². The Kier molecular flexibility index (Phi) is 7.16. The van der Waals surface area contributed by atoms with Gasteiger partial charge in [0.25, 0.3) is 5.91 Å². The maximum absolute atomic E-state index is 12.3. The summed E-state index contributed by atoms with van der Waals surface area (Å²) in [4.78, 5) is 20.7. The van der Waals surface area contributed by atoms with E-state index in [1.54, 1.807) is 31.5 Å². The molecule has 0 aliphatic rings. The molecule has 0 fully saturated rings. The number of hydrogen-bond acceptors (Lipinski definition) is 6. The van der Waals surface area contributed by atoms with Gasteiger partial charge in [-0.2, -0.15) is 0 Å². The number of amides is 1. The Morgan fingerprint density at radius 1 is 1.20 bits per heavy atom. The molecule has 134 valence electrons. The van der Waals surface area contributed by atoms with Crippen molar-refractivity contribution >= 4 is 17.5 Å². The number of nitrogens with zero attached hydrogens (tertiary/aromatic N) is 2. The number of anilines is 2. The molecule has 0 aliphatic heterocycles. The minimum atomic E-state index is -0.292. The summed E-state index contributed by atoms with van der Waals surface area (Å²) in [5.41, 5.74) is 0.973. The van der Waals surface area contributed by atoms with Crippen LogP contribution in [-0.2, 0) is 4.74 Å². The van der Waals surface area contributed by atoms with E-state index in [1.807, 2.05) is 26.0 Å². The number of benzene rings is 1. The first-order valence-corrected chi connectivity index (χ1v) is 8.22. The van der Waals surface area contributed by atoms with Crippen molar-refractivity contribution in [1.82, 2.24) is 9.97 Å². The molecule has 0 bridgehead atoms. The van der Waals surface area contributed by atoms with Crippen molar-refractivity contribution in [3.05, 3.63) is 42.2 Å².